The third-order valence-corrected chi connectivity index (χ3v) is 8.95. The summed E-state index contributed by atoms with van der Waals surface area (Å²) in [5.41, 5.74) is 3.54. The third-order valence-electron chi connectivity index (χ3n) is 7.13. The molecule has 2 saturated heterocycles. The van der Waals surface area contributed by atoms with Gasteiger partial charge >= 0.3 is 6.43 Å². The van der Waals surface area contributed by atoms with E-state index in [1.54, 1.807) is 12.1 Å². The lowest BCUT2D eigenvalue weighted by Crippen LogP contribution is -2.49. The fourth-order valence-corrected chi connectivity index (χ4v) is 6.64. The molecule has 2 aliphatic heterocycles. The number of rotatable bonds is 8. The van der Waals surface area contributed by atoms with Gasteiger partial charge in [0.1, 0.15) is 5.25 Å². The van der Waals surface area contributed by atoms with Crippen molar-refractivity contribution in [3.05, 3.63) is 65.5 Å². The largest absolute Gasteiger partial charge is 0.593 e. The summed E-state index contributed by atoms with van der Waals surface area (Å²) in [5, 5.41) is 7.20. The zero-order valence-corrected chi connectivity index (χ0v) is 21.7. The second-order valence-corrected chi connectivity index (χ2v) is 11.3. The summed E-state index contributed by atoms with van der Waals surface area (Å²) >= 11 is -1.21. The molecule has 1 aromatic heterocycles. The number of aromatic nitrogens is 2. The number of anilines is 1. The number of aryl methyl sites for hydroxylation is 1. The van der Waals surface area contributed by atoms with E-state index in [1.165, 1.54) is 0 Å². The van der Waals surface area contributed by atoms with Crippen molar-refractivity contribution in [2.45, 2.75) is 56.9 Å². The Balaban J connectivity index is 1.29. The number of alkyl halides is 2. The molecular formula is C27H32F2N4O3S. The van der Waals surface area contributed by atoms with Gasteiger partial charge in [-0.3, -0.25) is 4.90 Å². The highest BCUT2D eigenvalue weighted by molar-refractivity contribution is 7.93. The molecule has 2 fully saturated rings. The van der Waals surface area contributed by atoms with Gasteiger partial charge in [-0.1, -0.05) is 24.3 Å². The molecule has 0 bridgehead atoms. The number of piperidine rings is 1. The van der Waals surface area contributed by atoms with E-state index >= 15 is 0 Å². The first-order valence-corrected chi connectivity index (χ1v) is 13.9. The Morgan fingerprint density at radius 1 is 1.05 bits per heavy atom. The number of benzene rings is 2. The molecule has 0 radical (unpaired) electrons. The minimum Gasteiger partial charge on any atom is -0.593 e. The van der Waals surface area contributed by atoms with Crippen molar-refractivity contribution >= 4 is 17.0 Å². The molecule has 0 spiro atoms. The standard InChI is InChI=1S/C27H32F2N4O3S/c1-19-3-2-4-23(17-19)33(37(34)24-9-13-32(14-10-24)22-11-15-35-16-12-22)18-20-5-7-21(8-6-20)26-30-31-27(36-26)25(28)29/h2-8,17,22,24-25H,9-16,18H2,1H3. The molecule has 1 atom stereocenters. The van der Waals surface area contributed by atoms with Gasteiger partial charge in [-0.15, -0.1) is 10.2 Å². The number of hydrogen-bond acceptors (Lipinski definition) is 7. The maximum atomic E-state index is 13.9. The van der Waals surface area contributed by atoms with E-state index in [0.717, 1.165) is 68.8 Å². The van der Waals surface area contributed by atoms with Gasteiger partial charge in [0.2, 0.25) is 5.89 Å². The number of likely N-dealkylation sites (tertiary alicyclic amines) is 1. The van der Waals surface area contributed by atoms with Crippen LogP contribution in [0.15, 0.2) is 52.9 Å². The summed E-state index contributed by atoms with van der Waals surface area (Å²) in [4.78, 5) is 2.54. The summed E-state index contributed by atoms with van der Waals surface area (Å²) in [6.45, 7) is 6.07. The SMILES string of the molecule is Cc1cccc(N(Cc2ccc(-c3nnc(C(F)F)o3)cc2)[S+]([O-])C2CCN(C3CCOCC3)CC2)c1. The third kappa shape index (κ3) is 6.31. The van der Waals surface area contributed by atoms with Crippen LogP contribution in [-0.4, -0.2) is 57.2 Å². The molecule has 10 heteroatoms. The molecule has 0 aliphatic carbocycles. The van der Waals surface area contributed by atoms with E-state index in [2.05, 4.69) is 21.2 Å². The number of nitrogens with zero attached hydrogens (tertiary/aromatic N) is 4. The minimum atomic E-state index is -2.80. The second-order valence-electron chi connectivity index (χ2n) is 9.67. The van der Waals surface area contributed by atoms with Gasteiger partial charge in [-0.25, -0.2) is 0 Å². The Morgan fingerprint density at radius 3 is 2.43 bits per heavy atom. The zero-order chi connectivity index (χ0) is 25.8. The highest BCUT2D eigenvalue weighted by Crippen LogP contribution is 2.31. The summed E-state index contributed by atoms with van der Waals surface area (Å²) < 4.78 is 52.1. The van der Waals surface area contributed by atoms with Crippen molar-refractivity contribution in [3.8, 4) is 11.5 Å². The number of hydrogen-bond donors (Lipinski definition) is 0. The van der Waals surface area contributed by atoms with Gasteiger partial charge in [0, 0.05) is 50.8 Å². The van der Waals surface area contributed by atoms with Crippen LogP contribution in [0, 0.1) is 6.92 Å². The molecule has 0 amide bonds. The van der Waals surface area contributed by atoms with Gasteiger partial charge in [0.05, 0.1) is 23.6 Å². The summed E-state index contributed by atoms with van der Waals surface area (Å²) in [6.07, 6.45) is 1.14. The van der Waals surface area contributed by atoms with Gasteiger partial charge in [0.15, 0.2) is 0 Å². The average Bonchev–Trinajstić information content (AvgIpc) is 3.43. The van der Waals surface area contributed by atoms with Gasteiger partial charge < -0.3 is 13.7 Å². The van der Waals surface area contributed by atoms with E-state index in [4.69, 9.17) is 9.15 Å². The molecule has 37 heavy (non-hydrogen) atoms. The molecule has 1 unspecified atom stereocenters. The molecule has 0 N–H and O–H groups in total. The van der Waals surface area contributed by atoms with E-state index < -0.39 is 23.7 Å². The molecule has 5 rings (SSSR count). The summed E-state index contributed by atoms with van der Waals surface area (Å²) in [5.74, 6) is -0.639. The lowest BCUT2D eigenvalue weighted by Gasteiger charge is -2.40. The maximum absolute atomic E-state index is 13.9. The van der Waals surface area contributed by atoms with E-state index in [-0.39, 0.29) is 11.1 Å². The topological polar surface area (TPSA) is 77.7 Å². The van der Waals surface area contributed by atoms with Crippen molar-refractivity contribution in [2.75, 3.05) is 30.6 Å². The van der Waals surface area contributed by atoms with E-state index in [1.807, 2.05) is 41.6 Å². The van der Waals surface area contributed by atoms with Crippen LogP contribution in [0.5, 0.6) is 0 Å². The van der Waals surface area contributed by atoms with Gasteiger partial charge in [-0.05, 0) is 55.2 Å². The Morgan fingerprint density at radius 2 is 1.78 bits per heavy atom. The smallest absolute Gasteiger partial charge is 0.314 e. The summed E-state index contributed by atoms with van der Waals surface area (Å²) in [7, 11) is 0. The predicted octanol–water partition coefficient (Wildman–Crippen LogP) is 5.30. The molecule has 3 aromatic rings. The van der Waals surface area contributed by atoms with Crippen LogP contribution in [0.4, 0.5) is 14.5 Å². The van der Waals surface area contributed by atoms with Crippen molar-refractivity contribution in [2.24, 2.45) is 0 Å². The average molecular weight is 531 g/mol. The van der Waals surface area contributed by atoms with Gasteiger partial charge in [-0.2, -0.15) is 13.1 Å². The van der Waals surface area contributed by atoms with E-state index in [9.17, 15) is 13.3 Å². The molecule has 0 saturated carbocycles. The van der Waals surface area contributed by atoms with Crippen LogP contribution in [0.2, 0.25) is 0 Å². The van der Waals surface area contributed by atoms with Crippen molar-refractivity contribution in [3.63, 3.8) is 0 Å². The normalized spacial score (nSPS) is 18.8. The number of ether oxygens (including phenoxy) is 1. The van der Waals surface area contributed by atoms with Crippen LogP contribution in [0.3, 0.4) is 0 Å². The quantitative estimate of drug-likeness (QED) is 0.366. The maximum Gasteiger partial charge on any atom is 0.314 e. The fraction of sp³-hybridized carbons (Fsp3) is 0.481. The fourth-order valence-electron chi connectivity index (χ4n) is 5.07. The first kappa shape index (κ1) is 26.1. The monoisotopic (exact) mass is 530 g/mol. The highest BCUT2D eigenvalue weighted by atomic mass is 32.2. The van der Waals surface area contributed by atoms with Crippen LogP contribution in [0.25, 0.3) is 11.5 Å². The van der Waals surface area contributed by atoms with Gasteiger partial charge in [0.25, 0.3) is 5.89 Å². The highest BCUT2D eigenvalue weighted by Gasteiger charge is 2.36. The minimum absolute atomic E-state index is 0.0530. The Hall–Kier alpha value is -2.53. The summed E-state index contributed by atoms with van der Waals surface area (Å²) in [6, 6.07) is 16.0. The van der Waals surface area contributed by atoms with Crippen molar-refractivity contribution < 1.29 is 22.5 Å². The van der Waals surface area contributed by atoms with Crippen molar-refractivity contribution in [1.29, 1.82) is 0 Å². The predicted molar refractivity (Wildman–Crippen MR) is 139 cm³/mol. The van der Waals surface area contributed by atoms with E-state index in [0.29, 0.717) is 18.2 Å². The molecule has 198 valence electrons. The molecule has 3 heterocycles. The van der Waals surface area contributed by atoms with Crippen LogP contribution < -0.4 is 4.31 Å². The van der Waals surface area contributed by atoms with Crippen LogP contribution in [0.1, 0.15) is 49.1 Å². The number of halogens is 2. The molecule has 2 aromatic carbocycles. The zero-order valence-electron chi connectivity index (χ0n) is 20.9. The second kappa shape index (κ2) is 11.9. The Kier molecular flexibility index (Phi) is 8.39. The van der Waals surface area contributed by atoms with Crippen LogP contribution in [-0.2, 0) is 22.6 Å². The molecule has 2 aliphatic rings. The molecular weight excluding hydrogens is 498 g/mol. The van der Waals surface area contributed by atoms with Crippen LogP contribution >= 0.6 is 0 Å². The molecule has 7 nitrogen and oxygen atoms in total. The Bertz CT molecular complexity index is 1150. The Labute approximate surface area is 219 Å². The lowest BCUT2D eigenvalue weighted by molar-refractivity contribution is 0.0277. The first-order chi connectivity index (χ1) is 18.0. The lowest BCUT2D eigenvalue weighted by atomic mass is 10.0. The first-order valence-electron chi connectivity index (χ1n) is 12.8. The van der Waals surface area contributed by atoms with Crippen molar-refractivity contribution in [1.82, 2.24) is 15.1 Å².